The number of aliphatic hydroxyl groups is 1. The topological polar surface area (TPSA) is 32.3 Å². The van der Waals surface area contributed by atoms with Crippen LogP contribution in [0.25, 0.3) is 0 Å². The molecule has 0 radical (unpaired) electrons. The first-order valence-corrected chi connectivity index (χ1v) is 7.53. The zero-order chi connectivity index (χ0) is 12.3. The molecule has 2 nitrogen and oxygen atoms in total. The Morgan fingerprint density at radius 2 is 2.06 bits per heavy atom. The average Bonchev–Trinajstić information content (AvgIpc) is 2.81. The Balaban J connectivity index is 1.86. The van der Waals surface area contributed by atoms with Crippen molar-refractivity contribution in [2.45, 2.75) is 64.1 Å². The molecule has 0 bridgehead atoms. The minimum atomic E-state index is -0.0585. The normalized spacial score (nSPS) is 27.0. The zero-order valence-electron chi connectivity index (χ0n) is 10.8. The Labute approximate surface area is 108 Å². The van der Waals surface area contributed by atoms with Crippen molar-refractivity contribution in [2.75, 3.05) is 0 Å². The van der Waals surface area contributed by atoms with Crippen LogP contribution in [-0.4, -0.2) is 17.3 Å². The summed E-state index contributed by atoms with van der Waals surface area (Å²) in [5.41, 5.74) is 0. The maximum absolute atomic E-state index is 9.49. The largest absolute Gasteiger partial charge is 0.393 e. The number of aryl methyl sites for hydroxylation is 1. The van der Waals surface area contributed by atoms with E-state index in [-0.39, 0.29) is 6.10 Å². The molecule has 96 valence electrons. The molecule has 0 saturated heterocycles. The molecular weight excluding hydrogens is 230 g/mol. The summed E-state index contributed by atoms with van der Waals surface area (Å²) in [6, 6.07) is 5.52. The van der Waals surface area contributed by atoms with E-state index in [2.05, 4.69) is 31.3 Å². The van der Waals surface area contributed by atoms with E-state index < -0.39 is 0 Å². The standard InChI is InChI=1S/C14H23NOS/c1-3-13-8-9-14(17-13)10(2)15-11-4-6-12(16)7-5-11/h8-12,15-16H,3-7H2,1-2H3. The molecule has 1 fully saturated rings. The molecule has 1 aromatic rings. The molecule has 1 heterocycles. The van der Waals surface area contributed by atoms with Crippen LogP contribution in [-0.2, 0) is 6.42 Å². The highest BCUT2D eigenvalue weighted by Crippen LogP contribution is 2.26. The first-order valence-electron chi connectivity index (χ1n) is 6.71. The third-order valence-corrected chi connectivity index (χ3v) is 5.05. The van der Waals surface area contributed by atoms with Crippen molar-refractivity contribution in [1.82, 2.24) is 5.32 Å². The second-order valence-electron chi connectivity index (χ2n) is 5.05. The summed E-state index contributed by atoms with van der Waals surface area (Å²) in [5.74, 6) is 0. The van der Waals surface area contributed by atoms with Crippen molar-refractivity contribution in [3.63, 3.8) is 0 Å². The first-order chi connectivity index (χ1) is 8.19. The Hall–Kier alpha value is -0.380. The Morgan fingerprint density at radius 1 is 1.35 bits per heavy atom. The van der Waals surface area contributed by atoms with E-state index in [1.807, 2.05) is 11.3 Å². The Kier molecular flexibility index (Phi) is 4.60. The van der Waals surface area contributed by atoms with Crippen molar-refractivity contribution < 1.29 is 5.11 Å². The van der Waals surface area contributed by atoms with Crippen LogP contribution in [0.1, 0.15) is 55.3 Å². The predicted molar refractivity (Wildman–Crippen MR) is 73.5 cm³/mol. The molecule has 0 spiro atoms. The van der Waals surface area contributed by atoms with E-state index >= 15 is 0 Å². The smallest absolute Gasteiger partial charge is 0.0541 e. The molecule has 1 aromatic heterocycles. The van der Waals surface area contributed by atoms with Gasteiger partial charge in [-0.2, -0.15) is 0 Å². The molecule has 2 rings (SSSR count). The van der Waals surface area contributed by atoms with Gasteiger partial charge in [-0.1, -0.05) is 6.92 Å². The molecular formula is C14H23NOS. The second kappa shape index (κ2) is 5.98. The fraction of sp³-hybridized carbons (Fsp3) is 0.714. The lowest BCUT2D eigenvalue weighted by atomic mass is 9.92. The van der Waals surface area contributed by atoms with Gasteiger partial charge in [-0.25, -0.2) is 0 Å². The molecule has 1 unspecified atom stereocenters. The number of hydrogen-bond donors (Lipinski definition) is 2. The molecule has 1 atom stereocenters. The predicted octanol–water partition coefficient (Wildman–Crippen LogP) is 3.26. The van der Waals surface area contributed by atoms with Crippen LogP contribution in [0.15, 0.2) is 12.1 Å². The van der Waals surface area contributed by atoms with Crippen LogP contribution >= 0.6 is 11.3 Å². The van der Waals surface area contributed by atoms with Gasteiger partial charge in [0.25, 0.3) is 0 Å². The van der Waals surface area contributed by atoms with Gasteiger partial charge in [0.2, 0.25) is 0 Å². The maximum Gasteiger partial charge on any atom is 0.0541 e. The highest BCUT2D eigenvalue weighted by molar-refractivity contribution is 7.12. The minimum absolute atomic E-state index is 0.0585. The van der Waals surface area contributed by atoms with Crippen molar-refractivity contribution >= 4 is 11.3 Å². The lowest BCUT2D eigenvalue weighted by Gasteiger charge is -2.28. The van der Waals surface area contributed by atoms with E-state index in [0.29, 0.717) is 12.1 Å². The van der Waals surface area contributed by atoms with Crippen molar-refractivity contribution in [3.8, 4) is 0 Å². The molecule has 17 heavy (non-hydrogen) atoms. The number of rotatable bonds is 4. The zero-order valence-corrected chi connectivity index (χ0v) is 11.6. The molecule has 3 heteroatoms. The Morgan fingerprint density at radius 3 is 2.65 bits per heavy atom. The van der Waals surface area contributed by atoms with Crippen LogP contribution in [0.4, 0.5) is 0 Å². The minimum Gasteiger partial charge on any atom is -0.393 e. The molecule has 1 saturated carbocycles. The summed E-state index contributed by atoms with van der Waals surface area (Å²) in [6.07, 6.45) is 5.20. The number of thiophene rings is 1. The molecule has 2 N–H and O–H groups in total. The van der Waals surface area contributed by atoms with Crippen molar-refractivity contribution in [2.24, 2.45) is 0 Å². The summed E-state index contributed by atoms with van der Waals surface area (Å²) >= 11 is 1.92. The third kappa shape index (κ3) is 3.54. The summed E-state index contributed by atoms with van der Waals surface area (Å²) in [7, 11) is 0. The van der Waals surface area contributed by atoms with Crippen LogP contribution in [0.3, 0.4) is 0 Å². The van der Waals surface area contributed by atoms with Crippen LogP contribution < -0.4 is 5.32 Å². The van der Waals surface area contributed by atoms with Gasteiger partial charge < -0.3 is 10.4 Å². The average molecular weight is 253 g/mol. The molecule has 0 aliphatic heterocycles. The molecule has 0 aromatic carbocycles. The van der Waals surface area contributed by atoms with Gasteiger partial charge in [-0.3, -0.25) is 0 Å². The fourth-order valence-electron chi connectivity index (χ4n) is 2.50. The van der Waals surface area contributed by atoms with Gasteiger partial charge in [0, 0.05) is 21.8 Å². The number of nitrogens with one attached hydrogen (secondary N) is 1. The van der Waals surface area contributed by atoms with E-state index in [0.717, 1.165) is 32.1 Å². The van der Waals surface area contributed by atoms with Crippen LogP contribution in [0, 0.1) is 0 Å². The van der Waals surface area contributed by atoms with Crippen LogP contribution in [0.5, 0.6) is 0 Å². The SMILES string of the molecule is CCc1ccc(C(C)NC2CCC(O)CC2)s1. The second-order valence-corrected chi connectivity index (χ2v) is 6.25. The van der Waals surface area contributed by atoms with Crippen LogP contribution in [0.2, 0.25) is 0 Å². The van der Waals surface area contributed by atoms with E-state index in [4.69, 9.17) is 0 Å². The quantitative estimate of drug-likeness (QED) is 0.863. The van der Waals surface area contributed by atoms with Gasteiger partial charge in [0.15, 0.2) is 0 Å². The van der Waals surface area contributed by atoms with Gasteiger partial charge in [-0.15, -0.1) is 11.3 Å². The molecule has 1 aliphatic carbocycles. The number of hydrogen-bond acceptors (Lipinski definition) is 3. The summed E-state index contributed by atoms with van der Waals surface area (Å²) in [5, 5.41) is 13.2. The van der Waals surface area contributed by atoms with E-state index in [9.17, 15) is 5.11 Å². The fourth-order valence-corrected chi connectivity index (χ4v) is 3.46. The third-order valence-electron chi connectivity index (χ3n) is 3.64. The van der Waals surface area contributed by atoms with Gasteiger partial charge in [-0.05, 0) is 51.2 Å². The lowest BCUT2D eigenvalue weighted by molar-refractivity contribution is 0.114. The Bertz CT molecular complexity index is 342. The highest BCUT2D eigenvalue weighted by Gasteiger charge is 2.21. The molecule has 1 aliphatic rings. The van der Waals surface area contributed by atoms with E-state index in [1.54, 1.807) is 0 Å². The number of aliphatic hydroxyl groups excluding tert-OH is 1. The molecule has 0 amide bonds. The monoisotopic (exact) mass is 253 g/mol. The highest BCUT2D eigenvalue weighted by atomic mass is 32.1. The lowest BCUT2D eigenvalue weighted by Crippen LogP contribution is -2.35. The summed E-state index contributed by atoms with van der Waals surface area (Å²) < 4.78 is 0. The summed E-state index contributed by atoms with van der Waals surface area (Å²) in [4.78, 5) is 2.90. The maximum atomic E-state index is 9.49. The van der Waals surface area contributed by atoms with Crippen molar-refractivity contribution in [3.05, 3.63) is 21.9 Å². The summed E-state index contributed by atoms with van der Waals surface area (Å²) in [6.45, 7) is 4.45. The van der Waals surface area contributed by atoms with Gasteiger partial charge in [0.05, 0.1) is 6.10 Å². The van der Waals surface area contributed by atoms with Crippen molar-refractivity contribution in [1.29, 1.82) is 0 Å². The first kappa shape index (κ1) is 13.1. The van der Waals surface area contributed by atoms with Gasteiger partial charge in [0.1, 0.15) is 0 Å². The van der Waals surface area contributed by atoms with Gasteiger partial charge >= 0.3 is 0 Å². The van der Waals surface area contributed by atoms with E-state index in [1.165, 1.54) is 9.75 Å².